The zero-order valence-corrected chi connectivity index (χ0v) is 10.5. The van der Waals surface area contributed by atoms with Gasteiger partial charge in [-0.15, -0.1) is 0 Å². The van der Waals surface area contributed by atoms with Crippen LogP contribution in [-0.2, 0) is 4.79 Å². The second-order valence-electron chi connectivity index (χ2n) is 3.23. The number of benzene rings is 1. The van der Waals surface area contributed by atoms with Crippen LogP contribution in [0.3, 0.4) is 0 Å². The van der Waals surface area contributed by atoms with Crippen molar-refractivity contribution in [1.82, 2.24) is 0 Å². The molecule has 0 heterocycles. The highest BCUT2D eigenvalue weighted by Gasteiger charge is 2.03. The lowest BCUT2D eigenvalue weighted by Gasteiger charge is -2.07. The molecule has 80 valence electrons. The quantitative estimate of drug-likeness (QED) is 0.663. The highest BCUT2D eigenvalue weighted by molar-refractivity contribution is 14.1. The van der Waals surface area contributed by atoms with Gasteiger partial charge in [0.1, 0.15) is 0 Å². The molecule has 0 amide bonds. The topological polar surface area (TPSA) is 49.3 Å². The second kappa shape index (κ2) is 5.16. The molecule has 0 radical (unpaired) electrons. The van der Waals surface area contributed by atoms with E-state index in [1.807, 2.05) is 25.1 Å². The number of anilines is 1. The van der Waals surface area contributed by atoms with Crippen LogP contribution in [0.1, 0.15) is 5.56 Å². The summed E-state index contributed by atoms with van der Waals surface area (Å²) in [7, 11) is 0. The normalized spacial score (nSPS) is 9.73. The lowest BCUT2D eigenvalue weighted by molar-refractivity contribution is -0.132. The molecule has 0 aliphatic carbocycles. The SMILES string of the molecule is C=C(CNc1ccc(C)c(I)c1)C(=O)O. The lowest BCUT2D eigenvalue weighted by Crippen LogP contribution is -2.11. The summed E-state index contributed by atoms with van der Waals surface area (Å²) in [4.78, 5) is 10.5. The molecule has 1 aromatic carbocycles. The first-order chi connectivity index (χ1) is 7.00. The highest BCUT2D eigenvalue weighted by atomic mass is 127. The van der Waals surface area contributed by atoms with E-state index in [0.717, 1.165) is 9.26 Å². The van der Waals surface area contributed by atoms with Gasteiger partial charge in [0.25, 0.3) is 0 Å². The summed E-state index contributed by atoms with van der Waals surface area (Å²) >= 11 is 2.24. The molecular formula is C11H12INO2. The van der Waals surface area contributed by atoms with Crippen molar-refractivity contribution in [3.05, 3.63) is 39.5 Å². The standard InChI is InChI=1S/C11H12INO2/c1-7-3-4-9(5-10(7)12)13-6-8(2)11(14)15/h3-5,13H,2,6H2,1H3,(H,14,15). The molecule has 1 aromatic rings. The number of carboxylic acids is 1. The Bertz CT molecular complexity index is 402. The second-order valence-corrected chi connectivity index (χ2v) is 4.39. The van der Waals surface area contributed by atoms with Crippen LogP contribution < -0.4 is 5.32 Å². The summed E-state index contributed by atoms with van der Waals surface area (Å²) in [6, 6.07) is 5.89. The van der Waals surface area contributed by atoms with Crippen LogP contribution in [0, 0.1) is 10.5 Å². The van der Waals surface area contributed by atoms with Crippen LogP contribution in [0.25, 0.3) is 0 Å². The Hall–Kier alpha value is -1.04. The minimum atomic E-state index is -0.968. The molecule has 0 atom stereocenters. The van der Waals surface area contributed by atoms with Gasteiger partial charge in [0.15, 0.2) is 0 Å². The third kappa shape index (κ3) is 3.54. The van der Waals surface area contributed by atoms with Gasteiger partial charge in [0, 0.05) is 21.4 Å². The molecule has 0 aliphatic rings. The van der Waals surface area contributed by atoms with E-state index in [-0.39, 0.29) is 12.1 Å². The minimum absolute atomic E-state index is 0.158. The number of aryl methyl sites for hydroxylation is 1. The smallest absolute Gasteiger partial charge is 0.332 e. The Morgan fingerprint density at radius 2 is 2.27 bits per heavy atom. The van der Waals surface area contributed by atoms with Gasteiger partial charge in [-0.25, -0.2) is 4.79 Å². The van der Waals surface area contributed by atoms with Crippen LogP contribution in [0.5, 0.6) is 0 Å². The Kier molecular flexibility index (Phi) is 4.14. The van der Waals surface area contributed by atoms with E-state index in [1.165, 1.54) is 5.56 Å². The fourth-order valence-corrected chi connectivity index (χ4v) is 1.50. The van der Waals surface area contributed by atoms with Gasteiger partial charge in [-0.2, -0.15) is 0 Å². The molecule has 0 spiro atoms. The average molecular weight is 317 g/mol. The molecule has 0 bridgehead atoms. The summed E-state index contributed by atoms with van der Waals surface area (Å²) < 4.78 is 1.15. The molecule has 15 heavy (non-hydrogen) atoms. The van der Waals surface area contributed by atoms with Gasteiger partial charge >= 0.3 is 5.97 Å². The fraction of sp³-hybridized carbons (Fsp3) is 0.182. The van der Waals surface area contributed by atoms with Crippen molar-refractivity contribution < 1.29 is 9.90 Å². The highest BCUT2D eigenvalue weighted by Crippen LogP contribution is 2.17. The van der Waals surface area contributed by atoms with Crippen molar-refractivity contribution in [3.63, 3.8) is 0 Å². The summed E-state index contributed by atoms with van der Waals surface area (Å²) in [6.45, 7) is 5.73. The van der Waals surface area contributed by atoms with Crippen LogP contribution in [-0.4, -0.2) is 17.6 Å². The Labute approximate surface area is 102 Å². The van der Waals surface area contributed by atoms with E-state index in [9.17, 15) is 4.79 Å². The number of rotatable bonds is 4. The largest absolute Gasteiger partial charge is 0.478 e. The van der Waals surface area contributed by atoms with E-state index in [1.54, 1.807) is 0 Å². The summed E-state index contributed by atoms with van der Waals surface area (Å²) in [5.74, 6) is -0.968. The molecule has 0 aliphatic heterocycles. The van der Waals surface area contributed by atoms with Crippen LogP contribution in [0.4, 0.5) is 5.69 Å². The first-order valence-electron chi connectivity index (χ1n) is 4.42. The molecule has 0 saturated heterocycles. The maximum atomic E-state index is 10.5. The van der Waals surface area contributed by atoms with Crippen LogP contribution in [0.15, 0.2) is 30.4 Å². The van der Waals surface area contributed by atoms with Gasteiger partial charge in [0.05, 0.1) is 0 Å². The Morgan fingerprint density at radius 3 is 2.80 bits per heavy atom. The maximum absolute atomic E-state index is 10.5. The molecule has 0 fully saturated rings. The van der Waals surface area contributed by atoms with Crippen molar-refractivity contribution in [3.8, 4) is 0 Å². The number of carboxylic acid groups (broad SMARTS) is 1. The van der Waals surface area contributed by atoms with Gasteiger partial charge in [-0.1, -0.05) is 12.6 Å². The van der Waals surface area contributed by atoms with Crippen molar-refractivity contribution >= 4 is 34.2 Å². The van der Waals surface area contributed by atoms with E-state index < -0.39 is 5.97 Å². The zero-order valence-electron chi connectivity index (χ0n) is 8.38. The summed E-state index contributed by atoms with van der Waals surface area (Å²) in [5.41, 5.74) is 2.27. The van der Waals surface area contributed by atoms with E-state index >= 15 is 0 Å². The number of carbonyl (C=O) groups is 1. The summed E-state index contributed by atoms with van der Waals surface area (Å²) in [5, 5.41) is 11.6. The monoisotopic (exact) mass is 317 g/mol. The van der Waals surface area contributed by atoms with E-state index in [4.69, 9.17) is 5.11 Å². The molecule has 0 saturated carbocycles. The Balaban J connectivity index is 2.62. The first-order valence-corrected chi connectivity index (χ1v) is 5.49. The van der Waals surface area contributed by atoms with Gasteiger partial charge < -0.3 is 10.4 Å². The predicted octanol–water partition coefficient (Wildman–Crippen LogP) is 2.65. The van der Waals surface area contributed by atoms with Gasteiger partial charge in [-0.05, 0) is 47.2 Å². The molecule has 0 aromatic heterocycles. The Morgan fingerprint density at radius 1 is 1.60 bits per heavy atom. The number of halogens is 1. The lowest BCUT2D eigenvalue weighted by atomic mass is 10.2. The van der Waals surface area contributed by atoms with Crippen molar-refractivity contribution in [2.24, 2.45) is 0 Å². The van der Waals surface area contributed by atoms with E-state index in [2.05, 4.69) is 34.5 Å². The average Bonchev–Trinajstić information content (AvgIpc) is 2.19. The maximum Gasteiger partial charge on any atom is 0.332 e. The van der Waals surface area contributed by atoms with E-state index in [0.29, 0.717) is 0 Å². The van der Waals surface area contributed by atoms with Crippen molar-refractivity contribution in [2.45, 2.75) is 6.92 Å². The number of hydrogen-bond donors (Lipinski definition) is 2. The van der Waals surface area contributed by atoms with Crippen LogP contribution in [0.2, 0.25) is 0 Å². The van der Waals surface area contributed by atoms with Crippen LogP contribution >= 0.6 is 22.6 Å². The number of nitrogens with one attached hydrogen (secondary N) is 1. The fourth-order valence-electron chi connectivity index (χ4n) is 0.987. The molecule has 4 heteroatoms. The number of aliphatic carboxylic acids is 1. The third-order valence-electron chi connectivity index (χ3n) is 1.98. The molecule has 1 rings (SSSR count). The predicted molar refractivity (Wildman–Crippen MR) is 69.2 cm³/mol. The van der Waals surface area contributed by atoms with Crippen molar-refractivity contribution in [2.75, 3.05) is 11.9 Å². The zero-order chi connectivity index (χ0) is 11.4. The first kappa shape index (κ1) is 12.0. The molecule has 0 unspecified atom stereocenters. The minimum Gasteiger partial charge on any atom is -0.478 e. The molecule has 3 nitrogen and oxygen atoms in total. The molecule has 2 N–H and O–H groups in total. The molecular weight excluding hydrogens is 305 g/mol. The number of hydrogen-bond acceptors (Lipinski definition) is 2. The summed E-state index contributed by atoms with van der Waals surface area (Å²) in [6.07, 6.45) is 0. The third-order valence-corrected chi connectivity index (χ3v) is 3.14. The van der Waals surface area contributed by atoms with Gasteiger partial charge in [-0.3, -0.25) is 0 Å². The van der Waals surface area contributed by atoms with Gasteiger partial charge in [0.2, 0.25) is 0 Å². The van der Waals surface area contributed by atoms with Crippen molar-refractivity contribution in [1.29, 1.82) is 0 Å².